The first kappa shape index (κ1) is 14.8. The van der Waals surface area contributed by atoms with E-state index in [1.165, 1.54) is 6.07 Å². The quantitative estimate of drug-likeness (QED) is 0.674. The van der Waals surface area contributed by atoms with Gasteiger partial charge in [0.25, 0.3) is 5.69 Å². The molecule has 2 aromatic carbocycles. The van der Waals surface area contributed by atoms with Crippen molar-refractivity contribution in [3.63, 3.8) is 0 Å². The van der Waals surface area contributed by atoms with Gasteiger partial charge in [-0.2, -0.15) is 0 Å². The molecular weight excluding hydrogens is 266 g/mol. The minimum atomic E-state index is -0.371. The molecule has 0 heterocycles. The smallest absolute Gasteiger partial charge is 0.292 e. The van der Waals surface area contributed by atoms with Gasteiger partial charge in [0.15, 0.2) is 0 Å². The van der Waals surface area contributed by atoms with Gasteiger partial charge >= 0.3 is 0 Å². The van der Waals surface area contributed by atoms with Gasteiger partial charge in [0.05, 0.1) is 4.92 Å². The number of rotatable bonds is 5. The SMILES string of the molecule is Cc1cc(N(C)C)ccc1CNc1ccccc1[N+](=O)[O-]. The van der Waals surface area contributed by atoms with Crippen LogP contribution in [0, 0.1) is 17.0 Å². The summed E-state index contributed by atoms with van der Waals surface area (Å²) in [6.07, 6.45) is 0. The first-order chi connectivity index (χ1) is 9.99. The number of hydrogen-bond acceptors (Lipinski definition) is 4. The molecule has 2 rings (SSSR count). The molecule has 0 aliphatic rings. The minimum absolute atomic E-state index is 0.0973. The highest BCUT2D eigenvalue weighted by atomic mass is 16.6. The van der Waals surface area contributed by atoms with E-state index >= 15 is 0 Å². The number of hydrogen-bond donors (Lipinski definition) is 1. The fourth-order valence-corrected chi connectivity index (χ4v) is 2.13. The van der Waals surface area contributed by atoms with E-state index in [-0.39, 0.29) is 10.6 Å². The zero-order valence-corrected chi connectivity index (χ0v) is 12.5. The average molecular weight is 285 g/mol. The molecule has 0 saturated heterocycles. The predicted molar refractivity (Wildman–Crippen MR) is 85.9 cm³/mol. The topological polar surface area (TPSA) is 58.4 Å². The number of nitro groups is 1. The van der Waals surface area contributed by atoms with Crippen LogP contribution in [0.3, 0.4) is 0 Å². The molecule has 5 nitrogen and oxygen atoms in total. The maximum Gasteiger partial charge on any atom is 0.292 e. The van der Waals surface area contributed by atoms with Crippen LogP contribution >= 0.6 is 0 Å². The molecule has 0 bridgehead atoms. The van der Waals surface area contributed by atoms with Crippen LogP contribution in [0.5, 0.6) is 0 Å². The molecule has 2 aromatic rings. The van der Waals surface area contributed by atoms with Crippen molar-refractivity contribution in [2.45, 2.75) is 13.5 Å². The van der Waals surface area contributed by atoms with Gasteiger partial charge in [-0.05, 0) is 36.2 Å². The molecule has 0 aromatic heterocycles. The summed E-state index contributed by atoms with van der Waals surface area (Å²) in [5.41, 5.74) is 4.06. The van der Waals surface area contributed by atoms with Crippen molar-refractivity contribution in [2.75, 3.05) is 24.3 Å². The highest BCUT2D eigenvalue weighted by Gasteiger charge is 2.12. The normalized spacial score (nSPS) is 10.2. The number of aryl methyl sites for hydroxylation is 1. The third-order valence-corrected chi connectivity index (χ3v) is 3.41. The Hall–Kier alpha value is -2.56. The Kier molecular flexibility index (Phi) is 4.42. The zero-order chi connectivity index (χ0) is 15.4. The molecular formula is C16H19N3O2. The lowest BCUT2D eigenvalue weighted by Gasteiger charge is -2.15. The van der Waals surface area contributed by atoms with Gasteiger partial charge in [0.2, 0.25) is 0 Å². The van der Waals surface area contributed by atoms with E-state index in [1.807, 2.05) is 38.1 Å². The molecule has 0 atom stereocenters. The molecule has 0 saturated carbocycles. The lowest BCUT2D eigenvalue weighted by molar-refractivity contribution is -0.384. The van der Waals surface area contributed by atoms with Gasteiger partial charge in [0.1, 0.15) is 5.69 Å². The van der Waals surface area contributed by atoms with E-state index in [4.69, 9.17) is 0 Å². The van der Waals surface area contributed by atoms with Crippen LogP contribution < -0.4 is 10.2 Å². The third-order valence-electron chi connectivity index (χ3n) is 3.41. The second-order valence-electron chi connectivity index (χ2n) is 5.13. The summed E-state index contributed by atoms with van der Waals surface area (Å²) in [5.74, 6) is 0. The molecule has 0 amide bonds. The van der Waals surface area contributed by atoms with Crippen molar-refractivity contribution in [1.29, 1.82) is 0 Å². The van der Waals surface area contributed by atoms with Crippen molar-refractivity contribution in [1.82, 2.24) is 0 Å². The van der Waals surface area contributed by atoms with E-state index in [2.05, 4.69) is 11.4 Å². The van der Waals surface area contributed by atoms with Crippen LogP contribution in [0.15, 0.2) is 42.5 Å². The van der Waals surface area contributed by atoms with Crippen molar-refractivity contribution >= 4 is 17.1 Å². The summed E-state index contributed by atoms with van der Waals surface area (Å²) >= 11 is 0. The highest BCUT2D eigenvalue weighted by molar-refractivity contribution is 5.61. The first-order valence-electron chi connectivity index (χ1n) is 6.73. The largest absolute Gasteiger partial charge is 0.378 e. The molecule has 0 radical (unpaired) electrons. The van der Waals surface area contributed by atoms with E-state index in [9.17, 15) is 10.1 Å². The molecule has 21 heavy (non-hydrogen) atoms. The second-order valence-corrected chi connectivity index (χ2v) is 5.13. The predicted octanol–water partition coefficient (Wildman–Crippen LogP) is 3.58. The van der Waals surface area contributed by atoms with Crippen LogP contribution in [-0.2, 0) is 6.54 Å². The number of nitrogens with zero attached hydrogens (tertiary/aromatic N) is 2. The van der Waals surface area contributed by atoms with Crippen molar-refractivity contribution in [2.24, 2.45) is 0 Å². The third kappa shape index (κ3) is 3.51. The molecule has 1 N–H and O–H groups in total. The fraction of sp³-hybridized carbons (Fsp3) is 0.250. The Labute approximate surface area is 124 Å². The van der Waals surface area contributed by atoms with Gasteiger partial charge in [-0.15, -0.1) is 0 Å². The number of nitro benzene ring substituents is 1. The Morgan fingerprint density at radius 2 is 1.90 bits per heavy atom. The maximum absolute atomic E-state index is 11.0. The van der Waals surface area contributed by atoms with E-state index in [1.54, 1.807) is 18.2 Å². The fourth-order valence-electron chi connectivity index (χ4n) is 2.13. The molecule has 0 aliphatic heterocycles. The molecule has 0 aliphatic carbocycles. The van der Waals surface area contributed by atoms with Crippen LogP contribution in [0.4, 0.5) is 17.1 Å². The maximum atomic E-state index is 11.0. The van der Waals surface area contributed by atoms with Gasteiger partial charge in [0, 0.05) is 32.4 Å². The van der Waals surface area contributed by atoms with Crippen LogP contribution in [-0.4, -0.2) is 19.0 Å². The molecule has 0 fully saturated rings. The molecule has 110 valence electrons. The van der Waals surface area contributed by atoms with E-state index in [0.717, 1.165) is 16.8 Å². The van der Waals surface area contributed by atoms with Gasteiger partial charge in [-0.25, -0.2) is 0 Å². The molecule has 0 spiro atoms. The standard InChI is InChI=1S/C16H19N3O2/c1-12-10-14(18(2)3)9-8-13(12)11-17-15-6-4-5-7-16(15)19(20)21/h4-10,17H,11H2,1-3H3. The van der Waals surface area contributed by atoms with Crippen molar-refractivity contribution in [3.05, 3.63) is 63.7 Å². The average Bonchev–Trinajstić information content (AvgIpc) is 2.46. The number of para-hydroxylation sites is 2. The summed E-state index contributed by atoms with van der Waals surface area (Å²) in [6, 6.07) is 12.9. The molecule has 0 unspecified atom stereocenters. The van der Waals surface area contributed by atoms with Gasteiger partial charge in [-0.3, -0.25) is 10.1 Å². The monoisotopic (exact) mass is 285 g/mol. The van der Waals surface area contributed by atoms with Crippen LogP contribution in [0.2, 0.25) is 0 Å². The number of anilines is 2. The van der Waals surface area contributed by atoms with Crippen LogP contribution in [0.25, 0.3) is 0 Å². The zero-order valence-electron chi connectivity index (χ0n) is 12.5. The summed E-state index contributed by atoms with van der Waals surface area (Å²) in [6.45, 7) is 2.60. The van der Waals surface area contributed by atoms with E-state index in [0.29, 0.717) is 12.2 Å². The van der Waals surface area contributed by atoms with E-state index < -0.39 is 0 Å². The summed E-state index contributed by atoms with van der Waals surface area (Å²) in [7, 11) is 4.00. The number of nitrogens with one attached hydrogen (secondary N) is 1. The van der Waals surface area contributed by atoms with Crippen molar-refractivity contribution in [3.8, 4) is 0 Å². The summed E-state index contributed by atoms with van der Waals surface area (Å²) < 4.78 is 0. The Morgan fingerprint density at radius 3 is 2.52 bits per heavy atom. The van der Waals surface area contributed by atoms with Crippen LogP contribution in [0.1, 0.15) is 11.1 Å². The highest BCUT2D eigenvalue weighted by Crippen LogP contribution is 2.25. The Bertz CT molecular complexity index is 654. The minimum Gasteiger partial charge on any atom is -0.378 e. The lowest BCUT2D eigenvalue weighted by Crippen LogP contribution is -2.10. The summed E-state index contributed by atoms with van der Waals surface area (Å²) in [4.78, 5) is 12.7. The Morgan fingerprint density at radius 1 is 1.19 bits per heavy atom. The van der Waals surface area contributed by atoms with Gasteiger partial charge in [-0.1, -0.05) is 18.2 Å². The van der Waals surface area contributed by atoms with Crippen molar-refractivity contribution < 1.29 is 4.92 Å². The Balaban J connectivity index is 2.15. The first-order valence-corrected chi connectivity index (χ1v) is 6.73. The second kappa shape index (κ2) is 6.26. The molecule has 5 heteroatoms. The lowest BCUT2D eigenvalue weighted by atomic mass is 10.1. The van der Waals surface area contributed by atoms with Gasteiger partial charge < -0.3 is 10.2 Å². The summed E-state index contributed by atoms with van der Waals surface area (Å²) in [5, 5.41) is 14.1. The number of benzene rings is 2.